The average molecular weight is 232 g/mol. The van der Waals surface area contributed by atoms with Crippen LogP contribution >= 0.6 is 11.8 Å². The van der Waals surface area contributed by atoms with Gasteiger partial charge >= 0.3 is 12.1 Å². The molecule has 7 heteroatoms. The Kier molecular flexibility index (Phi) is 5.28. The molecule has 0 aliphatic rings. The third kappa shape index (κ3) is 4.71. The van der Waals surface area contributed by atoms with Crippen LogP contribution in [-0.4, -0.2) is 39.5 Å². The highest BCUT2D eigenvalue weighted by Gasteiger charge is 2.38. The molecule has 0 saturated heterocycles. The summed E-state index contributed by atoms with van der Waals surface area (Å²) in [7, 11) is 0. The van der Waals surface area contributed by atoms with Gasteiger partial charge in [-0.3, -0.25) is 4.79 Å². The summed E-state index contributed by atoms with van der Waals surface area (Å²) in [6.07, 6.45) is -6.91. The summed E-state index contributed by atoms with van der Waals surface area (Å²) < 4.78 is 35.4. The fourth-order valence-corrected chi connectivity index (χ4v) is 1.65. The van der Waals surface area contributed by atoms with Gasteiger partial charge in [0.2, 0.25) is 0 Å². The second-order valence-electron chi connectivity index (χ2n) is 2.63. The average Bonchev–Trinajstić information content (AvgIpc) is 2.02. The third-order valence-electron chi connectivity index (χ3n) is 1.48. The minimum atomic E-state index is -4.68. The van der Waals surface area contributed by atoms with Crippen molar-refractivity contribution in [3.8, 4) is 0 Å². The van der Waals surface area contributed by atoms with E-state index in [1.54, 1.807) is 6.92 Å². The second kappa shape index (κ2) is 5.45. The smallest absolute Gasteiger partial charge is 0.415 e. The molecule has 0 aliphatic heterocycles. The Bertz CT molecular complexity index is 195. The lowest BCUT2D eigenvalue weighted by Crippen LogP contribution is -2.32. The van der Waals surface area contributed by atoms with Crippen molar-refractivity contribution >= 4 is 17.7 Å². The first-order chi connectivity index (χ1) is 6.29. The van der Waals surface area contributed by atoms with Crippen molar-refractivity contribution in [1.29, 1.82) is 0 Å². The lowest BCUT2D eigenvalue weighted by atomic mass is 10.3. The van der Waals surface area contributed by atoms with Gasteiger partial charge in [-0.05, 0) is 6.42 Å². The molecule has 0 aromatic heterocycles. The Balaban J connectivity index is 3.98. The Morgan fingerprint density at radius 3 is 2.29 bits per heavy atom. The van der Waals surface area contributed by atoms with Crippen LogP contribution in [0.25, 0.3) is 0 Å². The largest absolute Gasteiger partial charge is 0.480 e. The molecular formula is C7H11F3O3S. The quantitative estimate of drug-likeness (QED) is 0.754. The van der Waals surface area contributed by atoms with Crippen molar-refractivity contribution in [1.82, 2.24) is 0 Å². The molecule has 0 spiro atoms. The van der Waals surface area contributed by atoms with Crippen molar-refractivity contribution in [3.63, 3.8) is 0 Å². The second-order valence-corrected chi connectivity index (χ2v) is 3.86. The van der Waals surface area contributed by atoms with Gasteiger partial charge < -0.3 is 10.2 Å². The number of carboxylic acid groups (broad SMARTS) is 1. The van der Waals surface area contributed by atoms with Crippen LogP contribution in [0.15, 0.2) is 0 Å². The maximum Gasteiger partial charge on any atom is 0.415 e. The fourth-order valence-electron chi connectivity index (χ4n) is 0.666. The minimum absolute atomic E-state index is 0.227. The molecule has 0 radical (unpaired) electrons. The van der Waals surface area contributed by atoms with Gasteiger partial charge in [-0.1, -0.05) is 6.92 Å². The normalized spacial score (nSPS) is 16.4. The van der Waals surface area contributed by atoms with Crippen LogP contribution in [0, 0.1) is 0 Å². The highest BCUT2D eigenvalue weighted by molar-refractivity contribution is 8.00. The van der Waals surface area contributed by atoms with Crippen molar-refractivity contribution in [2.45, 2.75) is 30.9 Å². The van der Waals surface area contributed by atoms with Crippen LogP contribution < -0.4 is 0 Å². The van der Waals surface area contributed by atoms with E-state index in [2.05, 4.69) is 0 Å². The molecule has 2 unspecified atom stereocenters. The van der Waals surface area contributed by atoms with Crippen LogP contribution in [-0.2, 0) is 4.79 Å². The molecule has 0 aromatic carbocycles. The molecule has 0 fully saturated rings. The highest BCUT2D eigenvalue weighted by Crippen LogP contribution is 2.25. The first kappa shape index (κ1) is 13.6. The number of aliphatic hydroxyl groups is 1. The zero-order valence-corrected chi connectivity index (χ0v) is 8.23. The zero-order valence-electron chi connectivity index (χ0n) is 7.41. The molecule has 2 atom stereocenters. The Morgan fingerprint density at radius 1 is 1.50 bits per heavy atom. The number of hydrogen-bond acceptors (Lipinski definition) is 3. The van der Waals surface area contributed by atoms with Gasteiger partial charge in [0, 0.05) is 5.75 Å². The number of hydrogen-bond donors (Lipinski definition) is 2. The minimum Gasteiger partial charge on any atom is -0.480 e. The summed E-state index contributed by atoms with van der Waals surface area (Å²) in [6, 6.07) is 0. The molecule has 14 heavy (non-hydrogen) atoms. The van der Waals surface area contributed by atoms with Crippen LogP contribution in [0.3, 0.4) is 0 Å². The van der Waals surface area contributed by atoms with Crippen molar-refractivity contribution < 1.29 is 28.2 Å². The van der Waals surface area contributed by atoms with Gasteiger partial charge in [-0.25, -0.2) is 0 Å². The van der Waals surface area contributed by atoms with E-state index in [1.807, 2.05) is 0 Å². The lowest BCUT2D eigenvalue weighted by molar-refractivity contribution is -0.195. The predicted octanol–water partition coefficient (Wildman–Crippen LogP) is 1.51. The van der Waals surface area contributed by atoms with Crippen LogP contribution in [0.2, 0.25) is 0 Å². The monoisotopic (exact) mass is 232 g/mol. The summed E-state index contributed by atoms with van der Waals surface area (Å²) in [5.74, 6) is -1.80. The molecule has 0 saturated carbocycles. The van der Waals surface area contributed by atoms with E-state index >= 15 is 0 Å². The van der Waals surface area contributed by atoms with Crippen molar-refractivity contribution in [3.05, 3.63) is 0 Å². The van der Waals surface area contributed by atoms with Crippen molar-refractivity contribution in [2.75, 3.05) is 5.75 Å². The third-order valence-corrected chi connectivity index (χ3v) is 2.92. The standard InChI is InChI=1S/C7H11F3O3S/c1-2-4(6(12)13)14-3-5(11)7(8,9)10/h4-5,11H,2-3H2,1H3,(H,12,13). The van der Waals surface area contributed by atoms with E-state index in [-0.39, 0.29) is 6.42 Å². The molecule has 0 aliphatic carbocycles. The first-order valence-electron chi connectivity index (χ1n) is 3.88. The Hall–Kier alpha value is -0.430. The van der Waals surface area contributed by atoms with Gasteiger partial charge in [-0.2, -0.15) is 13.2 Å². The Morgan fingerprint density at radius 2 is 2.00 bits per heavy atom. The molecule has 0 aromatic rings. The van der Waals surface area contributed by atoms with Gasteiger partial charge in [0.25, 0.3) is 0 Å². The molecule has 0 amide bonds. The maximum atomic E-state index is 11.8. The van der Waals surface area contributed by atoms with Crippen LogP contribution in [0.5, 0.6) is 0 Å². The van der Waals surface area contributed by atoms with E-state index in [4.69, 9.17) is 10.2 Å². The maximum absolute atomic E-state index is 11.8. The van der Waals surface area contributed by atoms with Crippen LogP contribution in [0.1, 0.15) is 13.3 Å². The number of carboxylic acids is 1. The summed E-state index contributed by atoms with van der Waals surface area (Å²) in [6.45, 7) is 1.56. The first-order valence-corrected chi connectivity index (χ1v) is 4.93. The summed E-state index contributed by atoms with van der Waals surface area (Å²) in [5.41, 5.74) is 0. The van der Waals surface area contributed by atoms with Gasteiger partial charge in [0.05, 0.1) is 0 Å². The van der Waals surface area contributed by atoms with E-state index in [1.165, 1.54) is 0 Å². The summed E-state index contributed by atoms with van der Waals surface area (Å²) in [5, 5.41) is 16.2. The highest BCUT2D eigenvalue weighted by atomic mass is 32.2. The summed E-state index contributed by atoms with van der Waals surface area (Å²) in [4.78, 5) is 10.4. The number of thioether (sulfide) groups is 1. The molecule has 0 heterocycles. The van der Waals surface area contributed by atoms with Gasteiger partial charge in [-0.15, -0.1) is 11.8 Å². The molecule has 0 bridgehead atoms. The zero-order chi connectivity index (χ0) is 11.4. The molecule has 84 valence electrons. The van der Waals surface area contributed by atoms with E-state index in [0.29, 0.717) is 11.8 Å². The molecule has 0 rings (SSSR count). The number of aliphatic carboxylic acids is 1. The number of carbonyl (C=O) groups is 1. The van der Waals surface area contributed by atoms with E-state index in [9.17, 15) is 18.0 Å². The topological polar surface area (TPSA) is 57.5 Å². The summed E-state index contributed by atoms with van der Waals surface area (Å²) >= 11 is 0.595. The van der Waals surface area contributed by atoms with Gasteiger partial charge in [0.1, 0.15) is 5.25 Å². The molecular weight excluding hydrogens is 221 g/mol. The van der Waals surface area contributed by atoms with Crippen molar-refractivity contribution in [2.24, 2.45) is 0 Å². The van der Waals surface area contributed by atoms with Crippen LogP contribution in [0.4, 0.5) is 13.2 Å². The number of halogens is 3. The van der Waals surface area contributed by atoms with Gasteiger partial charge in [0.15, 0.2) is 6.10 Å². The SMILES string of the molecule is CCC(SCC(O)C(F)(F)F)C(=O)O. The molecule has 2 N–H and O–H groups in total. The number of rotatable bonds is 5. The number of alkyl halides is 3. The number of aliphatic hydroxyl groups excluding tert-OH is 1. The van der Waals surface area contributed by atoms with E-state index in [0.717, 1.165) is 0 Å². The molecule has 3 nitrogen and oxygen atoms in total. The Labute approximate surface area is 83.3 Å². The van der Waals surface area contributed by atoms with E-state index < -0.39 is 29.3 Å². The lowest BCUT2D eigenvalue weighted by Gasteiger charge is -2.16. The fraction of sp³-hybridized carbons (Fsp3) is 0.857. The predicted molar refractivity (Wildman–Crippen MR) is 46.2 cm³/mol.